The number of para-hydroxylation sites is 3. The van der Waals surface area contributed by atoms with E-state index in [1.807, 2.05) is 87.1 Å². The Morgan fingerprint density at radius 2 is 0.704 bits per heavy atom. The highest BCUT2D eigenvalue weighted by molar-refractivity contribution is 5.87. The first-order valence-electron chi connectivity index (χ1n) is 38.1. The van der Waals surface area contributed by atoms with Crippen LogP contribution >= 0.6 is 0 Å². The lowest BCUT2D eigenvalue weighted by Gasteiger charge is -2.35. The second-order valence-corrected chi connectivity index (χ2v) is 29.7. The van der Waals surface area contributed by atoms with Crippen molar-refractivity contribution in [2.75, 3.05) is 93.2 Å². The van der Waals surface area contributed by atoms with Gasteiger partial charge in [0.2, 0.25) is 23.8 Å². The largest absolute Gasteiger partial charge is 0.444 e. The number of amides is 2. The summed E-state index contributed by atoms with van der Waals surface area (Å²) in [5.74, 6) is 2.29. The molecule has 0 radical (unpaired) electrons. The van der Waals surface area contributed by atoms with Crippen molar-refractivity contribution in [2.24, 2.45) is 0 Å². The van der Waals surface area contributed by atoms with E-state index in [2.05, 4.69) is 45.0 Å². The van der Waals surface area contributed by atoms with Crippen molar-refractivity contribution in [3.8, 4) is 50.6 Å². The van der Waals surface area contributed by atoms with Crippen LogP contribution in [0.5, 0.6) is 17.2 Å². The van der Waals surface area contributed by atoms with Crippen molar-refractivity contribution >= 4 is 62.6 Å². The summed E-state index contributed by atoms with van der Waals surface area (Å²) in [6.45, 7) is 8.11. The van der Waals surface area contributed by atoms with Crippen molar-refractivity contribution in [3.05, 3.63) is 212 Å². The molecule has 0 aliphatic carbocycles. The molecular weight excluding hydrogens is 1500 g/mol. The first-order valence-corrected chi connectivity index (χ1v) is 38.1. The van der Waals surface area contributed by atoms with Crippen molar-refractivity contribution < 1.29 is 54.9 Å². The lowest BCUT2D eigenvalue weighted by atomic mass is 10.0. The van der Waals surface area contributed by atoms with E-state index in [9.17, 15) is 50.3 Å². The van der Waals surface area contributed by atoms with Crippen molar-refractivity contribution in [3.63, 3.8) is 0 Å². The Morgan fingerprint density at radius 1 is 0.400 bits per heavy atom. The van der Waals surface area contributed by atoms with Gasteiger partial charge in [-0.15, -0.1) is 0 Å². The number of nitrogens with one attached hydrogen (secondary N) is 1. The molecule has 596 valence electrons. The number of ether oxygens (including phenoxy) is 4. The second-order valence-electron chi connectivity index (χ2n) is 29.7. The Hall–Kier alpha value is -12.6. The van der Waals surface area contributed by atoms with Gasteiger partial charge in [0.05, 0.1) is 50.8 Å². The van der Waals surface area contributed by atoms with Crippen molar-refractivity contribution in [2.45, 2.75) is 110 Å². The van der Waals surface area contributed by atoms with Gasteiger partial charge < -0.3 is 48.8 Å². The first kappa shape index (κ1) is 76.4. The smallest absolute Gasteiger partial charge is 0.410 e. The molecule has 0 spiro atoms. The minimum Gasteiger partial charge on any atom is -0.444 e. The fourth-order valence-corrected chi connectivity index (χ4v) is 16.2. The lowest BCUT2D eigenvalue weighted by molar-refractivity contribution is -0.129. The quantitative estimate of drug-likeness (QED) is 0.0936. The molecule has 3 unspecified atom stereocenters. The highest BCUT2D eigenvalue weighted by Crippen LogP contribution is 2.42. The van der Waals surface area contributed by atoms with Crippen LogP contribution in [0, 0.1) is 0 Å². The Labute approximate surface area is 654 Å². The van der Waals surface area contributed by atoms with Crippen LogP contribution < -0.4 is 50.9 Å². The number of hydrogen-bond acceptors (Lipinski definition) is 19. The third-order valence-electron chi connectivity index (χ3n) is 21.7. The molecule has 27 nitrogen and oxygen atoms in total. The zero-order valence-corrected chi connectivity index (χ0v) is 63.3. The maximum atomic E-state index is 13.2. The number of rotatable bonds is 15. The number of alkyl halides is 6. The van der Waals surface area contributed by atoms with Gasteiger partial charge in [-0.25, -0.2) is 48.7 Å². The number of nitrogens with zero attached hydrogens (tertiary/aromatic N) is 17. The van der Waals surface area contributed by atoms with Gasteiger partial charge in [0.15, 0.2) is 0 Å². The van der Waals surface area contributed by atoms with E-state index in [1.165, 1.54) is 18.2 Å². The molecule has 0 saturated carbocycles. The fourth-order valence-electron chi connectivity index (χ4n) is 16.2. The van der Waals surface area contributed by atoms with E-state index in [4.69, 9.17) is 18.9 Å². The Kier molecular flexibility index (Phi) is 21.4. The molecule has 1 N–H and O–H groups in total. The number of halogens is 6. The number of hydrogen-bond donors (Lipinski definition) is 1. The minimum absolute atomic E-state index is 0.0693. The summed E-state index contributed by atoms with van der Waals surface area (Å²) in [5, 5.41) is 5.02. The van der Waals surface area contributed by atoms with E-state index >= 15 is 0 Å². The van der Waals surface area contributed by atoms with Gasteiger partial charge in [0, 0.05) is 176 Å². The highest BCUT2D eigenvalue weighted by atomic mass is 19.3. The van der Waals surface area contributed by atoms with Gasteiger partial charge in [0.25, 0.3) is 16.7 Å². The number of fused-ring (bicyclic) bond motifs is 9. The maximum Gasteiger partial charge on any atom is 0.410 e. The lowest BCUT2D eigenvalue weighted by Crippen LogP contribution is -2.50. The van der Waals surface area contributed by atoms with Gasteiger partial charge in [-0.1, -0.05) is 72.8 Å². The van der Waals surface area contributed by atoms with Crippen LogP contribution in [-0.4, -0.2) is 184 Å². The van der Waals surface area contributed by atoms with Gasteiger partial charge >= 0.3 is 25.9 Å². The highest BCUT2D eigenvalue weighted by Gasteiger charge is 2.36. The first-order chi connectivity index (χ1) is 55.6. The third kappa shape index (κ3) is 15.6. The molecule has 115 heavy (non-hydrogen) atoms. The average molecular weight is 1580 g/mol. The van der Waals surface area contributed by atoms with Crippen molar-refractivity contribution in [1.82, 2.24) is 73.1 Å². The Bertz CT molecular complexity index is 5770. The topological polar surface area (TPSA) is 257 Å². The molecule has 2 amide bonds. The number of carbonyl (C=O) groups excluding carboxylic acids is 2. The molecule has 18 rings (SSSR count). The van der Waals surface area contributed by atoms with E-state index in [1.54, 1.807) is 130 Å². The number of piperazine rings is 3. The fraction of sp³-hybridized carbons (Fsp3) is 0.354. The van der Waals surface area contributed by atoms with Crippen LogP contribution in [0.4, 0.5) is 49.0 Å². The SMILES string of the molecule is CC(=O)N1CCN(c2ncc(-c3ccc4c(=O)n5n(c4c3)C(c3ccccc3OC(F)F)CC5)cn2)CC1.CC(C)(C)OC(=O)N1CCN(c2ncc(-c3ccc4c(=O)n5n(c4c3)C(c3ccccc3OC(F)F)CC5)cn2)CC1.O=c1c2ccc(-c3cnc(N4CCNCC4)nc3)cc2n2n1CCC2c1ccccc1OC(F)F. The van der Waals surface area contributed by atoms with Crippen LogP contribution in [0.1, 0.15) is 81.8 Å². The van der Waals surface area contributed by atoms with Gasteiger partial charge in [0.1, 0.15) is 22.8 Å². The van der Waals surface area contributed by atoms with Gasteiger partial charge in [-0.05, 0) is 111 Å². The molecule has 12 aromatic rings. The van der Waals surface area contributed by atoms with Crippen LogP contribution in [0.2, 0.25) is 0 Å². The Morgan fingerprint density at radius 3 is 1.01 bits per heavy atom. The molecule has 3 atom stereocenters. The molecule has 3 fully saturated rings. The van der Waals surface area contributed by atoms with Crippen LogP contribution in [0.15, 0.2) is 179 Å². The predicted molar refractivity (Wildman–Crippen MR) is 419 cm³/mol. The molecule has 33 heteroatoms. The summed E-state index contributed by atoms with van der Waals surface area (Å²) >= 11 is 0. The summed E-state index contributed by atoms with van der Waals surface area (Å²) in [4.78, 5) is 101. The number of aromatic nitrogens is 12. The Balaban J connectivity index is 0.000000130. The standard InChI is InChI=1S/C30H32F2N6O4.C27H26F2N6O3.C25H24F2N6O2/c1-30(2,3)42-29(40)36-14-12-35(13-15-36)28-33-17-20(18-34-28)19-8-9-22-24(16-19)38-23(10-11-37(38)26(22)39)21-6-4-5-7-25(21)41-27(31)32;1-17(36)32-10-12-33(13-11-32)27-30-15-19(16-31-27)18-6-7-21-23(14-18)35-22(8-9-34(35)25(21)37)20-4-2-3-5-24(20)38-26(28)29;26-24(27)35-22-4-2-1-3-18(22)20-7-10-32-23(34)19-6-5-16(13-21(19)33(20)32)17-14-29-25(30-15-17)31-11-8-28-9-12-31/h4-9,16-18,23,27H,10-15H2,1-3H3;2-7,14-16,22,26H,8-13H2,1H3;1-6,13-15,20,24,28H,7-12H2. The zero-order chi connectivity index (χ0) is 79.9. The maximum absolute atomic E-state index is 13.2. The second kappa shape index (κ2) is 32.1. The third-order valence-corrected chi connectivity index (χ3v) is 21.7. The van der Waals surface area contributed by atoms with Crippen LogP contribution in [0.3, 0.4) is 0 Å². The van der Waals surface area contributed by atoms with Crippen LogP contribution in [0.25, 0.3) is 66.1 Å². The summed E-state index contributed by atoms with van der Waals surface area (Å²) < 4.78 is 109. The molecular formula is C82H82F6N18O9. The molecule has 12 heterocycles. The zero-order valence-electron chi connectivity index (χ0n) is 63.3. The minimum atomic E-state index is -2.94. The molecule has 0 bridgehead atoms. The van der Waals surface area contributed by atoms with E-state index in [0.717, 1.165) is 65.1 Å². The van der Waals surface area contributed by atoms with Crippen molar-refractivity contribution in [1.29, 1.82) is 0 Å². The average Bonchev–Trinajstić information content (AvgIpc) is 1.59. The molecule has 3 saturated heterocycles. The van der Waals surface area contributed by atoms with E-state index in [-0.39, 0.29) is 64.1 Å². The van der Waals surface area contributed by atoms with E-state index < -0.39 is 25.4 Å². The van der Waals surface area contributed by atoms with Gasteiger partial charge in [-0.2, -0.15) is 26.3 Å². The van der Waals surface area contributed by atoms with E-state index in [0.29, 0.717) is 153 Å². The summed E-state index contributed by atoms with van der Waals surface area (Å²) in [6, 6.07) is 36.1. The number of anilines is 3. The number of benzene rings is 6. The molecule has 6 aromatic carbocycles. The normalized spacial score (nSPS) is 17.4. The summed E-state index contributed by atoms with van der Waals surface area (Å²) in [6.07, 6.45) is 12.1. The molecule has 6 aromatic heterocycles. The number of carbonyl (C=O) groups is 2. The molecule has 6 aliphatic rings. The van der Waals surface area contributed by atoms with Crippen LogP contribution in [-0.2, 0) is 29.2 Å². The summed E-state index contributed by atoms with van der Waals surface area (Å²) in [7, 11) is 0. The molecule has 6 aliphatic heterocycles. The van der Waals surface area contributed by atoms with Gasteiger partial charge in [-0.3, -0.25) is 33.2 Å². The monoisotopic (exact) mass is 1580 g/mol. The predicted octanol–water partition coefficient (Wildman–Crippen LogP) is 11.7. The summed E-state index contributed by atoms with van der Waals surface area (Å²) in [5.41, 5.74) is 8.10.